The van der Waals surface area contributed by atoms with Crippen molar-refractivity contribution in [3.05, 3.63) is 41.8 Å². The van der Waals surface area contributed by atoms with Gasteiger partial charge in [0, 0.05) is 0 Å². The van der Waals surface area contributed by atoms with Gasteiger partial charge in [-0.2, -0.15) is 4.98 Å². The number of benzene rings is 1. The Morgan fingerprint density at radius 2 is 2.00 bits per heavy atom. The molecular weight excluding hydrogens is 258 g/mol. The molecule has 106 valence electrons. The molecule has 1 aromatic carbocycles. The van der Waals surface area contributed by atoms with Gasteiger partial charge in [-0.3, -0.25) is 0 Å². The summed E-state index contributed by atoms with van der Waals surface area (Å²) in [5.41, 5.74) is 1.32. The Morgan fingerprint density at radius 3 is 2.60 bits per heavy atom. The number of aromatic nitrogens is 1. The van der Waals surface area contributed by atoms with Crippen molar-refractivity contribution >= 4 is 5.97 Å². The fraction of sp³-hybridized carbons (Fsp3) is 0.333. The van der Waals surface area contributed by atoms with Crippen LogP contribution in [0.5, 0.6) is 11.8 Å². The van der Waals surface area contributed by atoms with Crippen molar-refractivity contribution in [1.82, 2.24) is 4.98 Å². The molecular formula is C15H17NO4. The molecule has 0 aliphatic rings. The number of esters is 1. The average Bonchev–Trinajstić information content (AvgIpc) is 2.88. The molecule has 0 radical (unpaired) electrons. The molecule has 0 saturated heterocycles. The van der Waals surface area contributed by atoms with E-state index in [0.29, 0.717) is 18.3 Å². The number of carbonyl (C=O) groups excluding carboxylic acids is 1. The van der Waals surface area contributed by atoms with Crippen molar-refractivity contribution in [2.24, 2.45) is 0 Å². The molecule has 0 aliphatic carbocycles. The van der Waals surface area contributed by atoms with Crippen LogP contribution in [0, 0.1) is 0 Å². The van der Waals surface area contributed by atoms with E-state index >= 15 is 0 Å². The minimum atomic E-state index is -0.527. The summed E-state index contributed by atoms with van der Waals surface area (Å²) in [6, 6.07) is 7.64. The first-order valence-electron chi connectivity index (χ1n) is 6.50. The van der Waals surface area contributed by atoms with E-state index in [9.17, 15) is 4.79 Å². The van der Waals surface area contributed by atoms with Crippen LogP contribution in [-0.2, 0) is 4.74 Å². The lowest BCUT2D eigenvalue weighted by molar-refractivity contribution is 0.0519. The first-order valence-corrected chi connectivity index (χ1v) is 6.50. The van der Waals surface area contributed by atoms with E-state index in [4.69, 9.17) is 13.9 Å². The Balaban J connectivity index is 2.05. The summed E-state index contributed by atoms with van der Waals surface area (Å²) in [5.74, 6) is 0.536. The Hall–Kier alpha value is -2.30. The molecule has 0 saturated carbocycles. The number of hydrogen-bond acceptors (Lipinski definition) is 5. The van der Waals surface area contributed by atoms with Gasteiger partial charge >= 0.3 is 12.0 Å². The van der Waals surface area contributed by atoms with Crippen molar-refractivity contribution in [3.63, 3.8) is 0 Å². The molecule has 0 bridgehead atoms. The van der Waals surface area contributed by atoms with Gasteiger partial charge in [-0.1, -0.05) is 26.0 Å². The van der Waals surface area contributed by atoms with Crippen molar-refractivity contribution in [3.8, 4) is 11.8 Å². The minimum Gasteiger partial charge on any atom is -0.461 e. The third-order valence-corrected chi connectivity index (χ3v) is 2.72. The summed E-state index contributed by atoms with van der Waals surface area (Å²) in [4.78, 5) is 15.3. The first kappa shape index (κ1) is 14.1. The summed E-state index contributed by atoms with van der Waals surface area (Å²) in [7, 11) is 0. The molecule has 20 heavy (non-hydrogen) atoms. The molecule has 0 unspecified atom stereocenters. The molecule has 2 rings (SSSR count). The maximum absolute atomic E-state index is 11.4. The van der Waals surface area contributed by atoms with Crippen molar-refractivity contribution in [2.45, 2.75) is 26.7 Å². The lowest BCUT2D eigenvalue weighted by atomic mass is 10.0. The third kappa shape index (κ3) is 3.38. The van der Waals surface area contributed by atoms with Crippen LogP contribution in [0.2, 0.25) is 0 Å². The first-order chi connectivity index (χ1) is 9.60. The normalized spacial score (nSPS) is 10.6. The lowest BCUT2D eigenvalue weighted by Gasteiger charge is -2.06. The van der Waals surface area contributed by atoms with Gasteiger partial charge in [-0.25, -0.2) is 4.79 Å². The Morgan fingerprint density at radius 1 is 1.30 bits per heavy atom. The van der Waals surface area contributed by atoms with Crippen LogP contribution < -0.4 is 4.74 Å². The second-order valence-corrected chi connectivity index (χ2v) is 4.54. The van der Waals surface area contributed by atoms with Crippen LogP contribution in [-0.4, -0.2) is 17.6 Å². The van der Waals surface area contributed by atoms with E-state index in [1.54, 1.807) is 6.92 Å². The van der Waals surface area contributed by atoms with Gasteiger partial charge in [0.15, 0.2) is 5.69 Å². The van der Waals surface area contributed by atoms with E-state index < -0.39 is 5.97 Å². The van der Waals surface area contributed by atoms with E-state index in [0.717, 1.165) is 0 Å². The number of nitrogens with zero attached hydrogens (tertiary/aromatic N) is 1. The number of oxazole rings is 1. The molecule has 0 fully saturated rings. The van der Waals surface area contributed by atoms with Crippen molar-refractivity contribution in [2.75, 3.05) is 6.61 Å². The molecule has 0 amide bonds. The predicted octanol–water partition coefficient (Wildman–Crippen LogP) is 3.77. The van der Waals surface area contributed by atoms with Gasteiger partial charge in [-0.05, 0) is 30.5 Å². The van der Waals surface area contributed by atoms with Crippen molar-refractivity contribution in [1.29, 1.82) is 0 Å². The highest BCUT2D eigenvalue weighted by molar-refractivity contribution is 5.86. The molecule has 1 aromatic heterocycles. The van der Waals surface area contributed by atoms with Gasteiger partial charge in [0.2, 0.25) is 0 Å². The quantitative estimate of drug-likeness (QED) is 0.777. The summed E-state index contributed by atoms with van der Waals surface area (Å²) in [5, 5.41) is 0. The molecule has 5 nitrogen and oxygen atoms in total. The minimum absolute atomic E-state index is 0.0188. The average molecular weight is 275 g/mol. The largest absolute Gasteiger partial charge is 0.461 e. The molecule has 1 heterocycles. The summed E-state index contributed by atoms with van der Waals surface area (Å²) in [6.45, 7) is 6.26. The van der Waals surface area contributed by atoms with Crippen LogP contribution in [0.4, 0.5) is 0 Å². The summed E-state index contributed by atoms with van der Waals surface area (Å²) in [6.07, 6.45) is 1.24. The molecule has 0 aliphatic heterocycles. The zero-order valence-corrected chi connectivity index (χ0v) is 11.8. The number of rotatable bonds is 5. The topological polar surface area (TPSA) is 61.6 Å². The number of ether oxygens (including phenoxy) is 2. The van der Waals surface area contributed by atoms with E-state index in [2.05, 4.69) is 18.8 Å². The van der Waals surface area contributed by atoms with Gasteiger partial charge in [0.25, 0.3) is 0 Å². The van der Waals surface area contributed by atoms with Crippen LogP contribution in [0.3, 0.4) is 0 Å². The summed E-state index contributed by atoms with van der Waals surface area (Å²) < 4.78 is 15.3. The lowest BCUT2D eigenvalue weighted by Crippen LogP contribution is -2.04. The SMILES string of the molecule is CCOC(=O)c1coc(Oc2ccc(C(C)C)cc2)n1. The highest BCUT2D eigenvalue weighted by Gasteiger charge is 2.14. The Bertz CT molecular complexity index is 572. The number of hydrogen-bond donors (Lipinski definition) is 0. The zero-order chi connectivity index (χ0) is 14.5. The maximum atomic E-state index is 11.4. The standard InChI is InChI=1S/C15H17NO4/c1-4-18-14(17)13-9-19-15(16-13)20-12-7-5-11(6-8-12)10(2)3/h5-10H,4H2,1-3H3. The highest BCUT2D eigenvalue weighted by Crippen LogP contribution is 2.23. The second kappa shape index (κ2) is 6.23. The van der Waals surface area contributed by atoms with Gasteiger partial charge in [-0.15, -0.1) is 0 Å². The maximum Gasteiger partial charge on any atom is 0.399 e. The third-order valence-electron chi connectivity index (χ3n) is 2.72. The molecule has 0 spiro atoms. The molecule has 0 atom stereocenters. The summed E-state index contributed by atoms with van der Waals surface area (Å²) >= 11 is 0. The van der Waals surface area contributed by atoms with Crippen LogP contribution in [0.15, 0.2) is 34.9 Å². The van der Waals surface area contributed by atoms with Gasteiger partial charge < -0.3 is 13.9 Å². The Kier molecular flexibility index (Phi) is 4.40. The van der Waals surface area contributed by atoms with Gasteiger partial charge in [0.1, 0.15) is 12.0 Å². The fourth-order valence-electron chi connectivity index (χ4n) is 1.62. The van der Waals surface area contributed by atoms with E-state index in [-0.39, 0.29) is 11.8 Å². The molecule has 2 aromatic rings. The highest BCUT2D eigenvalue weighted by atomic mass is 16.6. The van der Waals surface area contributed by atoms with Crippen molar-refractivity contribution < 1.29 is 18.7 Å². The second-order valence-electron chi connectivity index (χ2n) is 4.54. The smallest absolute Gasteiger partial charge is 0.399 e. The molecule has 0 N–H and O–H groups in total. The van der Waals surface area contributed by atoms with E-state index in [1.165, 1.54) is 11.8 Å². The zero-order valence-electron chi connectivity index (χ0n) is 11.8. The monoisotopic (exact) mass is 275 g/mol. The predicted molar refractivity (Wildman–Crippen MR) is 73.1 cm³/mol. The Labute approximate surface area is 117 Å². The fourth-order valence-corrected chi connectivity index (χ4v) is 1.62. The van der Waals surface area contributed by atoms with Gasteiger partial charge in [0.05, 0.1) is 6.61 Å². The van der Waals surface area contributed by atoms with Crippen LogP contribution in [0.25, 0.3) is 0 Å². The van der Waals surface area contributed by atoms with Crippen LogP contribution in [0.1, 0.15) is 42.7 Å². The molecule has 5 heteroatoms. The van der Waals surface area contributed by atoms with Crippen LogP contribution >= 0.6 is 0 Å². The number of carbonyl (C=O) groups is 1. The van der Waals surface area contributed by atoms with E-state index in [1.807, 2.05) is 24.3 Å².